The first-order valence-corrected chi connectivity index (χ1v) is 10.9. The molecule has 1 aromatic carbocycles. The summed E-state index contributed by atoms with van der Waals surface area (Å²) in [6, 6.07) is 14.1. The Morgan fingerprint density at radius 1 is 0.966 bits per heavy atom. The molecular formula is C19H21ClN6O2S. The molecule has 0 aliphatic heterocycles. The molecular weight excluding hydrogens is 412 g/mol. The van der Waals surface area contributed by atoms with Crippen LogP contribution < -0.4 is 15.4 Å². The van der Waals surface area contributed by atoms with Gasteiger partial charge in [-0.1, -0.05) is 29.8 Å². The van der Waals surface area contributed by atoms with Crippen molar-refractivity contribution in [1.29, 1.82) is 0 Å². The highest BCUT2D eigenvalue weighted by molar-refractivity contribution is 7.88. The molecule has 152 valence electrons. The van der Waals surface area contributed by atoms with Crippen molar-refractivity contribution in [3.8, 4) is 0 Å². The van der Waals surface area contributed by atoms with Crippen LogP contribution in [-0.4, -0.2) is 36.7 Å². The third kappa shape index (κ3) is 6.97. The molecule has 3 aromatic rings. The molecule has 0 saturated heterocycles. The number of nitrogens with zero attached hydrogens (tertiary/aromatic N) is 3. The molecule has 10 heteroatoms. The molecule has 0 radical (unpaired) electrons. The largest absolute Gasteiger partial charge is 0.367 e. The van der Waals surface area contributed by atoms with E-state index in [1.165, 1.54) is 0 Å². The van der Waals surface area contributed by atoms with Crippen LogP contribution in [0.15, 0.2) is 54.7 Å². The van der Waals surface area contributed by atoms with Gasteiger partial charge in [-0.2, -0.15) is 0 Å². The zero-order valence-corrected chi connectivity index (χ0v) is 17.3. The molecule has 29 heavy (non-hydrogen) atoms. The molecule has 0 aliphatic carbocycles. The van der Waals surface area contributed by atoms with Crippen molar-refractivity contribution >= 4 is 39.1 Å². The molecule has 2 heterocycles. The predicted octanol–water partition coefficient (Wildman–Crippen LogP) is 3.11. The average molecular weight is 433 g/mol. The third-order valence-electron chi connectivity index (χ3n) is 3.83. The van der Waals surface area contributed by atoms with E-state index in [9.17, 15) is 8.42 Å². The number of rotatable bonds is 9. The number of nitrogens with one attached hydrogen (secondary N) is 3. The summed E-state index contributed by atoms with van der Waals surface area (Å²) < 4.78 is 26.8. The van der Waals surface area contributed by atoms with Crippen LogP contribution in [0.3, 0.4) is 0 Å². The van der Waals surface area contributed by atoms with Crippen molar-refractivity contribution in [2.75, 3.05) is 23.7 Å². The predicted molar refractivity (Wildman–Crippen MR) is 115 cm³/mol. The highest BCUT2D eigenvalue weighted by atomic mass is 35.5. The van der Waals surface area contributed by atoms with Gasteiger partial charge in [0.05, 0.1) is 5.75 Å². The van der Waals surface area contributed by atoms with Crippen molar-refractivity contribution in [3.05, 3.63) is 70.9 Å². The molecule has 0 unspecified atom stereocenters. The van der Waals surface area contributed by atoms with Gasteiger partial charge < -0.3 is 10.6 Å². The van der Waals surface area contributed by atoms with E-state index < -0.39 is 10.0 Å². The number of aryl methyl sites for hydroxylation is 1. The second-order valence-corrected chi connectivity index (χ2v) is 8.60. The minimum atomic E-state index is -3.45. The van der Waals surface area contributed by atoms with Gasteiger partial charge in [0.2, 0.25) is 10.0 Å². The fourth-order valence-corrected chi connectivity index (χ4v) is 3.81. The topological polar surface area (TPSA) is 109 Å². The molecule has 8 nitrogen and oxygen atoms in total. The van der Waals surface area contributed by atoms with Crippen LogP contribution in [0.2, 0.25) is 5.02 Å². The van der Waals surface area contributed by atoms with E-state index in [2.05, 4.69) is 30.5 Å². The first-order valence-electron chi connectivity index (χ1n) is 8.89. The quantitative estimate of drug-likeness (QED) is 0.445. The molecule has 0 atom stereocenters. The molecule has 0 fully saturated rings. The van der Waals surface area contributed by atoms with E-state index in [1.807, 2.05) is 19.1 Å². The van der Waals surface area contributed by atoms with E-state index in [-0.39, 0.29) is 12.3 Å². The normalized spacial score (nSPS) is 11.2. The maximum atomic E-state index is 12.1. The van der Waals surface area contributed by atoms with Gasteiger partial charge in [0.1, 0.15) is 11.6 Å². The summed E-state index contributed by atoms with van der Waals surface area (Å²) in [5, 5.41) is 14.7. The SMILES string of the molecule is Cc1ccc(Nc2ccc(NCCNS(=O)(=O)Cc3cccc(Cl)c3)nn2)nc1. The summed E-state index contributed by atoms with van der Waals surface area (Å²) in [7, 11) is -3.45. The minimum Gasteiger partial charge on any atom is -0.367 e. The van der Waals surface area contributed by atoms with E-state index in [0.29, 0.717) is 34.6 Å². The molecule has 0 amide bonds. The fourth-order valence-electron chi connectivity index (χ4n) is 2.46. The minimum absolute atomic E-state index is 0.124. The van der Waals surface area contributed by atoms with Crippen LogP contribution in [0.25, 0.3) is 0 Å². The Morgan fingerprint density at radius 3 is 2.41 bits per heavy atom. The zero-order valence-electron chi connectivity index (χ0n) is 15.8. The fraction of sp³-hybridized carbons (Fsp3) is 0.211. The molecule has 0 saturated carbocycles. The molecule has 0 bridgehead atoms. The Morgan fingerprint density at radius 2 is 1.72 bits per heavy atom. The lowest BCUT2D eigenvalue weighted by molar-refractivity contribution is 0.582. The number of hydrogen-bond acceptors (Lipinski definition) is 7. The number of halogens is 1. The number of sulfonamides is 1. The third-order valence-corrected chi connectivity index (χ3v) is 5.42. The molecule has 3 rings (SSSR count). The van der Waals surface area contributed by atoms with Crippen molar-refractivity contribution in [2.24, 2.45) is 0 Å². The summed E-state index contributed by atoms with van der Waals surface area (Å²) in [5.74, 6) is 1.66. The summed E-state index contributed by atoms with van der Waals surface area (Å²) in [6.07, 6.45) is 1.76. The van der Waals surface area contributed by atoms with Crippen LogP contribution in [0, 0.1) is 6.92 Å². The van der Waals surface area contributed by atoms with Gasteiger partial charge in [-0.05, 0) is 48.4 Å². The van der Waals surface area contributed by atoms with Gasteiger partial charge in [0, 0.05) is 24.3 Å². The standard InChI is InChI=1S/C19H21ClN6O2S/c1-14-5-6-17(22-12-14)24-19-8-7-18(25-26-19)21-9-10-23-29(27,28)13-15-3-2-4-16(20)11-15/h2-8,11-12,23H,9-10,13H2,1H3,(H,21,25)(H,22,24,26). The number of hydrogen-bond donors (Lipinski definition) is 3. The van der Waals surface area contributed by atoms with Crippen LogP contribution >= 0.6 is 11.6 Å². The monoisotopic (exact) mass is 432 g/mol. The first kappa shape index (κ1) is 21.0. The smallest absolute Gasteiger partial charge is 0.215 e. The van der Waals surface area contributed by atoms with Gasteiger partial charge in [-0.15, -0.1) is 10.2 Å². The van der Waals surface area contributed by atoms with Gasteiger partial charge >= 0.3 is 0 Å². The van der Waals surface area contributed by atoms with Crippen LogP contribution in [-0.2, 0) is 15.8 Å². The Kier molecular flexibility index (Phi) is 6.97. The lowest BCUT2D eigenvalue weighted by Crippen LogP contribution is -2.30. The van der Waals surface area contributed by atoms with Crippen LogP contribution in [0.1, 0.15) is 11.1 Å². The van der Waals surface area contributed by atoms with E-state index in [0.717, 1.165) is 5.56 Å². The van der Waals surface area contributed by atoms with Gasteiger partial charge in [-0.3, -0.25) is 0 Å². The number of benzene rings is 1. The maximum Gasteiger partial charge on any atom is 0.215 e. The van der Waals surface area contributed by atoms with Crippen LogP contribution in [0.4, 0.5) is 17.5 Å². The Hall–Kier alpha value is -2.75. The zero-order chi connectivity index (χ0) is 20.7. The molecule has 0 aliphatic rings. The van der Waals surface area contributed by atoms with Gasteiger partial charge in [-0.25, -0.2) is 18.1 Å². The van der Waals surface area contributed by atoms with Crippen molar-refractivity contribution < 1.29 is 8.42 Å². The summed E-state index contributed by atoms with van der Waals surface area (Å²) >= 11 is 5.88. The van der Waals surface area contributed by atoms with Crippen molar-refractivity contribution in [2.45, 2.75) is 12.7 Å². The first-order chi connectivity index (χ1) is 13.9. The Labute approximate surface area is 174 Å². The van der Waals surface area contributed by atoms with Gasteiger partial charge in [0.15, 0.2) is 5.82 Å². The van der Waals surface area contributed by atoms with E-state index >= 15 is 0 Å². The lowest BCUT2D eigenvalue weighted by Gasteiger charge is -2.09. The number of pyridine rings is 1. The molecule has 0 spiro atoms. The number of anilines is 3. The molecule has 3 N–H and O–H groups in total. The molecule has 2 aromatic heterocycles. The van der Waals surface area contributed by atoms with Crippen LogP contribution in [0.5, 0.6) is 0 Å². The second-order valence-electron chi connectivity index (χ2n) is 6.36. The second kappa shape index (κ2) is 9.64. The summed E-state index contributed by atoms with van der Waals surface area (Å²) in [5.41, 5.74) is 1.71. The van der Waals surface area contributed by atoms with E-state index in [1.54, 1.807) is 42.6 Å². The Bertz CT molecular complexity index is 1040. The summed E-state index contributed by atoms with van der Waals surface area (Å²) in [4.78, 5) is 4.25. The lowest BCUT2D eigenvalue weighted by atomic mass is 10.2. The highest BCUT2D eigenvalue weighted by Crippen LogP contribution is 2.14. The Balaban J connectivity index is 1.43. The van der Waals surface area contributed by atoms with Gasteiger partial charge in [0.25, 0.3) is 0 Å². The van der Waals surface area contributed by atoms with E-state index in [4.69, 9.17) is 11.6 Å². The highest BCUT2D eigenvalue weighted by Gasteiger charge is 2.11. The summed E-state index contributed by atoms with van der Waals surface area (Å²) in [6.45, 7) is 2.56. The average Bonchev–Trinajstić information content (AvgIpc) is 2.68. The van der Waals surface area contributed by atoms with Crippen molar-refractivity contribution in [3.63, 3.8) is 0 Å². The number of aromatic nitrogens is 3. The maximum absolute atomic E-state index is 12.1. The van der Waals surface area contributed by atoms with Crippen molar-refractivity contribution in [1.82, 2.24) is 19.9 Å².